The van der Waals surface area contributed by atoms with E-state index in [1.165, 1.54) is 11.1 Å². The average molecular weight is 343 g/mol. The Labute approximate surface area is 147 Å². The topological polar surface area (TPSA) is 69.4 Å². The zero-order valence-electron chi connectivity index (χ0n) is 14.7. The van der Waals surface area contributed by atoms with E-state index in [-0.39, 0.29) is 5.60 Å². The molecule has 6 heteroatoms. The first-order valence-corrected chi connectivity index (χ1v) is 9.21. The molecule has 1 spiro atoms. The van der Waals surface area contributed by atoms with Crippen molar-refractivity contribution in [3.63, 3.8) is 0 Å². The molecule has 25 heavy (non-hydrogen) atoms. The van der Waals surface area contributed by atoms with Crippen LogP contribution in [0.5, 0.6) is 5.75 Å². The first kappa shape index (κ1) is 16.5. The molecule has 1 aromatic carbocycles. The molecule has 134 valence electrons. The normalized spacial score (nSPS) is 18.9. The van der Waals surface area contributed by atoms with E-state index >= 15 is 0 Å². The van der Waals surface area contributed by atoms with Crippen LogP contribution in [0.3, 0.4) is 0 Å². The molecule has 1 N–H and O–H groups in total. The van der Waals surface area contributed by atoms with Crippen LogP contribution in [0, 0.1) is 0 Å². The zero-order valence-corrected chi connectivity index (χ0v) is 14.7. The second-order valence-corrected chi connectivity index (χ2v) is 6.80. The largest absolute Gasteiger partial charge is 0.485 e. The summed E-state index contributed by atoms with van der Waals surface area (Å²) in [6.07, 6.45) is 4.80. The fraction of sp³-hybridized carbons (Fsp3) is 0.579. The number of rotatable bonds is 5. The number of piperidine rings is 1. The number of nitrogens with zero attached hydrogens (tertiary/aromatic N) is 2. The second kappa shape index (κ2) is 7.14. The van der Waals surface area contributed by atoms with Crippen LogP contribution < -0.4 is 10.1 Å². The van der Waals surface area contributed by atoms with Crippen molar-refractivity contribution in [2.45, 2.75) is 51.2 Å². The minimum absolute atomic E-state index is 0.111. The summed E-state index contributed by atoms with van der Waals surface area (Å²) in [5.74, 6) is 2.13. The minimum atomic E-state index is -0.111. The van der Waals surface area contributed by atoms with Crippen LogP contribution in [0.25, 0.3) is 0 Å². The highest BCUT2D eigenvalue weighted by Gasteiger charge is 2.38. The Balaban J connectivity index is 1.47. The van der Waals surface area contributed by atoms with Crippen molar-refractivity contribution in [2.75, 3.05) is 19.7 Å². The van der Waals surface area contributed by atoms with Gasteiger partial charge in [-0.1, -0.05) is 18.1 Å². The molecule has 0 saturated carbocycles. The lowest BCUT2D eigenvalue weighted by Gasteiger charge is -2.42. The summed E-state index contributed by atoms with van der Waals surface area (Å²) in [5.41, 5.74) is 2.56. The molecule has 0 aliphatic carbocycles. The van der Waals surface area contributed by atoms with E-state index in [2.05, 4.69) is 34.5 Å². The fourth-order valence-electron chi connectivity index (χ4n) is 3.80. The van der Waals surface area contributed by atoms with Gasteiger partial charge in [-0.2, -0.15) is 4.98 Å². The van der Waals surface area contributed by atoms with Crippen molar-refractivity contribution in [3.05, 3.63) is 41.0 Å². The summed E-state index contributed by atoms with van der Waals surface area (Å²) >= 11 is 0. The van der Waals surface area contributed by atoms with Gasteiger partial charge in [-0.25, -0.2) is 0 Å². The smallest absolute Gasteiger partial charge is 0.226 e. The summed E-state index contributed by atoms with van der Waals surface area (Å²) in [4.78, 5) is 4.34. The number of nitrogens with one attached hydrogen (secondary N) is 1. The molecule has 0 atom stereocenters. The van der Waals surface area contributed by atoms with Crippen LogP contribution in [-0.2, 0) is 29.8 Å². The van der Waals surface area contributed by atoms with Gasteiger partial charge in [-0.3, -0.25) is 0 Å². The molecule has 6 nitrogen and oxygen atoms in total. The fourth-order valence-corrected chi connectivity index (χ4v) is 3.80. The third-order valence-corrected chi connectivity index (χ3v) is 5.07. The summed E-state index contributed by atoms with van der Waals surface area (Å²) < 4.78 is 17.3. The quantitative estimate of drug-likeness (QED) is 0.900. The van der Waals surface area contributed by atoms with E-state index in [0.717, 1.165) is 57.6 Å². The lowest BCUT2D eigenvalue weighted by Crippen LogP contribution is -2.44. The summed E-state index contributed by atoms with van der Waals surface area (Å²) in [6.45, 7) is 5.22. The molecule has 1 aromatic heterocycles. The number of hydrogen-bond donors (Lipinski definition) is 1. The molecule has 2 aromatic rings. The Kier molecular flexibility index (Phi) is 4.72. The molecule has 0 unspecified atom stereocenters. The Morgan fingerprint density at radius 2 is 2.16 bits per heavy atom. The number of fused-ring (bicyclic) bond motifs is 2. The van der Waals surface area contributed by atoms with Crippen LogP contribution in [0.2, 0.25) is 0 Å². The number of hydrogen-bond acceptors (Lipinski definition) is 6. The minimum Gasteiger partial charge on any atom is -0.485 e. The molecule has 0 bridgehead atoms. The highest BCUT2D eigenvalue weighted by atomic mass is 16.5. The Bertz CT molecular complexity index is 722. The van der Waals surface area contributed by atoms with Gasteiger partial charge in [0.05, 0.1) is 12.2 Å². The first-order chi connectivity index (χ1) is 12.3. The lowest BCUT2D eigenvalue weighted by atomic mass is 9.80. The van der Waals surface area contributed by atoms with Crippen molar-refractivity contribution in [3.8, 4) is 5.75 Å². The Morgan fingerprint density at radius 1 is 1.28 bits per heavy atom. The maximum Gasteiger partial charge on any atom is 0.226 e. The van der Waals surface area contributed by atoms with Crippen molar-refractivity contribution in [1.29, 1.82) is 0 Å². The predicted octanol–water partition coefficient (Wildman–Crippen LogP) is 2.75. The highest BCUT2D eigenvalue weighted by Crippen LogP contribution is 2.41. The van der Waals surface area contributed by atoms with Gasteiger partial charge in [-0.15, -0.1) is 0 Å². The maximum absolute atomic E-state index is 6.21. The lowest BCUT2D eigenvalue weighted by molar-refractivity contribution is -0.0802. The van der Waals surface area contributed by atoms with E-state index < -0.39 is 0 Å². The highest BCUT2D eigenvalue weighted by molar-refractivity contribution is 5.41. The molecular weight excluding hydrogens is 318 g/mol. The number of aromatic nitrogens is 2. The van der Waals surface area contributed by atoms with Crippen molar-refractivity contribution in [1.82, 2.24) is 15.5 Å². The van der Waals surface area contributed by atoms with E-state index in [1.54, 1.807) is 0 Å². The van der Waals surface area contributed by atoms with Gasteiger partial charge in [0.15, 0.2) is 6.61 Å². The van der Waals surface area contributed by atoms with Crippen LogP contribution in [-0.4, -0.2) is 29.8 Å². The molecule has 0 radical (unpaired) electrons. The molecule has 0 amide bonds. The average Bonchev–Trinajstić information content (AvgIpc) is 3.09. The van der Waals surface area contributed by atoms with Crippen LogP contribution in [0.4, 0.5) is 0 Å². The third kappa shape index (κ3) is 3.41. The van der Waals surface area contributed by atoms with E-state index in [0.29, 0.717) is 18.3 Å². The number of aryl methyl sites for hydroxylation is 1. The molecule has 1 saturated heterocycles. The number of ether oxygens (including phenoxy) is 2. The monoisotopic (exact) mass is 343 g/mol. The van der Waals surface area contributed by atoms with Crippen molar-refractivity contribution in [2.24, 2.45) is 0 Å². The van der Waals surface area contributed by atoms with Gasteiger partial charge < -0.3 is 19.3 Å². The standard InChI is InChI=1S/C19H25N3O3/c1-2-3-18-21-17(22-25-18)13-23-15-4-5-16-14(12-15)6-11-24-19(16)7-9-20-10-8-19/h4-5,12,20H,2-3,6-11,13H2,1H3. The zero-order chi connectivity index (χ0) is 17.1. The van der Waals surface area contributed by atoms with Crippen LogP contribution in [0.1, 0.15) is 49.0 Å². The molecule has 2 aliphatic rings. The van der Waals surface area contributed by atoms with Crippen LogP contribution >= 0.6 is 0 Å². The van der Waals surface area contributed by atoms with Crippen LogP contribution in [0.15, 0.2) is 22.7 Å². The Hall–Kier alpha value is -1.92. The molecular formula is C19H25N3O3. The SMILES string of the molecule is CCCc1nc(COc2ccc3c(c2)CCOC32CCNCC2)no1. The predicted molar refractivity (Wildman–Crippen MR) is 92.5 cm³/mol. The summed E-state index contributed by atoms with van der Waals surface area (Å²) in [6, 6.07) is 6.35. The second-order valence-electron chi connectivity index (χ2n) is 6.80. The van der Waals surface area contributed by atoms with Crippen molar-refractivity contribution < 1.29 is 14.0 Å². The van der Waals surface area contributed by atoms with E-state index in [9.17, 15) is 0 Å². The maximum atomic E-state index is 6.21. The van der Waals surface area contributed by atoms with E-state index in [4.69, 9.17) is 14.0 Å². The molecule has 3 heterocycles. The van der Waals surface area contributed by atoms with Gasteiger partial charge in [0.2, 0.25) is 11.7 Å². The van der Waals surface area contributed by atoms with Gasteiger partial charge in [0.25, 0.3) is 0 Å². The summed E-state index contributed by atoms with van der Waals surface area (Å²) in [5, 5.41) is 7.39. The van der Waals surface area contributed by atoms with Gasteiger partial charge in [0, 0.05) is 6.42 Å². The molecule has 1 fully saturated rings. The molecule has 4 rings (SSSR count). The summed E-state index contributed by atoms with van der Waals surface area (Å²) in [7, 11) is 0. The number of benzene rings is 1. The first-order valence-electron chi connectivity index (χ1n) is 9.21. The van der Waals surface area contributed by atoms with Gasteiger partial charge in [-0.05, 0) is 62.0 Å². The van der Waals surface area contributed by atoms with Gasteiger partial charge in [0.1, 0.15) is 5.75 Å². The third-order valence-electron chi connectivity index (χ3n) is 5.07. The van der Waals surface area contributed by atoms with Gasteiger partial charge >= 0.3 is 0 Å². The van der Waals surface area contributed by atoms with Crippen molar-refractivity contribution >= 4 is 0 Å². The van der Waals surface area contributed by atoms with E-state index in [1.807, 2.05) is 6.07 Å². The Morgan fingerprint density at radius 3 is 3.00 bits per heavy atom. The molecule has 2 aliphatic heterocycles.